The zero-order valence-electron chi connectivity index (χ0n) is 11.3. The first-order chi connectivity index (χ1) is 7.96. The van der Waals surface area contributed by atoms with Gasteiger partial charge in [-0.3, -0.25) is 4.79 Å². The summed E-state index contributed by atoms with van der Waals surface area (Å²) in [7, 11) is 0. The van der Waals surface area contributed by atoms with Crippen molar-refractivity contribution in [3.05, 3.63) is 0 Å². The molecule has 1 aliphatic heterocycles. The van der Waals surface area contributed by atoms with Gasteiger partial charge in [-0.2, -0.15) is 0 Å². The van der Waals surface area contributed by atoms with E-state index >= 15 is 0 Å². The van der Waals surface area contributed by atoms with Crippen LogP contribution in [-0.4, -0.2) is 37.3 Å². The summed E-state index contributed by atoms with van der Waals surface area (Å²) in [6, 6.07) is 0. The molecular formula is C13H26N2O2. The normalized spacial score (nSPS) is 18.6. The molecule has 1 fully saturated rings. The van der Waals surface area contributed by atoms with Gasteiger partial charge in [0.25, 0.3) is 0 Å². The van der Waals surface area contributed by atoms with Crippen LogP contribution in [0.2, 0.25) is 0 Å². The van der Waals surface area contributed by atoms with E-state index in [1.807, 2.05) is 6.92 Å². The minimum Gasteiger partial charge on any atom is -0.396 e. The fourth-order valence-corrected chi connectivity index (χ4v) is 2.01. The van der Waals surface area contributed by atoms with Crippen molar-refractivity contribution in [2.75, 3.05) is 26.2 Å². The Morgan fingerprint density at radius 1 is 1.53 bits per heavy atom. The number of hydrogen-bond donors (Lipinski definition) is 3. The molecule has 100 valence electrons. The van der Waals surface area contributed by atoms with Crippen LogP contribution < -0.4 is 10.6 Å². The lowest BCUT2D eigenvalue weighted by molar-refractivity contribution is -0.127. The standard InChI is InChI=1S/C13H26N2O2/c1-10(11-7-14-8-11)12(17)15-9-13(2,3)5-4-6-16/h10-11,14,16H,4-9H2,1-3H3,(H,15,17). The second-order valence-electron chi connectivity index (χ2n) is 5.92. The maximum absolute atomic E-state index is 11.9. The summed E-state index contributed by atoms with van der Waals surface area (Å²) in [6.07, 6.45) is 1.73. The molecule has 1 rings (SSSR count). The fourth-order valence-electron chi connectivity index (χ4n) is 2.01. The highest BCUT2D eigenvalue weighted by Gasteiger charge is 2.29. The summed E-state index contributed by atoms with van der Waals surface area (Å²) in [4.78, 5) is 11.9. The van der Waals surface area contributed by atoms with Crippen molar-refractivity contribution in [1.29, 1.82) is 0 Å². The molecule has 1 heterocycles. The molecule has 0 aromatic carbocycles. The smallest absolute Gasteiger partial charge is 0.223 e. The van der Waals surface area contributed by atoms with E-state index in [1.54, 1.807) is 0 Å². The van der Waals surface area contributed by atoms with Gasteiger partial charge >= 0.3 is 0 Å². The molecule has 0 aliphatic carbocycles. The Labute approximate surface area is 104 Å². The Morgan fingerprint density at radius 3 is 2.65 bits per heavy atom. The summed E-state index contributed by atoms with van der Waals surface area (Å²) < 4.78 is 0. The minimum absolute atomic E-state index is 0.0654. The van der Waals surface area contributed by atoms with Crippen LogP contribution in [0.1, 0.15) is 33.6 Å². The molecule has 1 saturated heterocycles. The molecule has 3 N–H and O–H groups in total. The number of hydrogen-bond acceptors (Lipinski definition) is 3. The second kappa shape index (κ2) is 6.36. The molecule has 1 amide bonds. The third-order valence-corrected chi connectivity index (χ3v) is 3.69. The molecule has 0 spiro atoms. The third kappa shape index (κ3) is 4.64. The molecule has 0 aromatic heterocycles. The molecule has 0 aromatic rings. The maximum Gasteiger partial charge on any atom is 0.223 e. The van der Waals surface area contributed by atoms with Crippen molar-refractivity contribution in [2.24, 2.45) is 17.3 Å². The number of carbonyl (C=O) groups excluding carboxylic acids is 1. The van der Waals surface area contributed by atoms with Crippen LogP contribution in [-0.2, 0) is 4.79 Å². The lowest BCUT2D eigenvalue weighted by atomic mass is 9.86. The Kier molecular flexibility index (Phi) is 5.40. The fraction of sp³-hybridized carbons (Fsp3) is 0.923. The van der Waals surface area contributed by atoms with Gasteiger partial charge in [-0.15, -0.1) is 0 Å². The molecule has 4 heteroatoms. The Hall–Kier alpha value is -0.610. The van der Waals surface area contributed by atoms with Gasteiger partial charge in [-0.25, -0.2) is 0 Å². The summed E-state index contributed by atoms with van der Waals surface area (Å²) >= 11 is 0. The first-order valence-corrected chi connectivity index (χ1v) is 6.55. The molecule has 1 aliphatic rings. The summed E-state index contributed by atoms with van der Waals surface area (Å²) in [6.45, 7) is 9.08. The number of carbonyl (C=O) groups is 1. The summed E-state index contributed by atoms with van der Waals surface area (Å²) in [5, 5.41) is 15.0. The lowest BCUT2D eigenvalue weighted by Gasteiger charge is -2.33. The molecule has 17 heavy (non-hydrogen) atoms. The highest BCUT2D eigenvalue weighted by molar-refractivity contribution is 5.78. The van der Waals surface area contributed by atoms with Crippen LogP contribution in [0.4, 0.5) is 0 Å². The average molecular weight is 242 g/mol. The largest absolute Gasteiger partial charge is 0.396 e. The maximum atomic E-state index is 11.9. The van der Waals surface area contributed by atoms with E-state index in [-0.39, 0.29) is 23.8 Å². The van der Waals surface area contributed by atoms with Crippen molar-refractivity contribution in [1.82, 2.24) is 10.6 Å². The molecule has 0 radical (unpaired) electrons. The SMILES string of the molecule is CC(C(=O)NCC(C)(C)CCCO)C1CNC1. The van der Waals surface area contributed by atoms with Crippen LogP contribution in [0.3, 0.4) is 0 Å². The predicted molar refractivity (Wildman–Crippen MR) is 68.6 cm³/mol. The van der Waals surface area contributed by atoms with Crippen LogP contribution in [0.5, 0.6) is 0 Å². The Balaban J connectivity index is 2.26. The van der Waals surface area contributed by atoms with E-state index < -0.39 is 0 Å². The number of nitrogens with one attached hydrogen (secondary N) is 2. The first kappa shape index (κ1) is 14.5. The topological polar surface area (TPSA) is 61.4 Å². The van der Waals surface area contributed by atoms with Crippen molar-refractivity contribution >= 4 is 5.91 Å². The van der Waals surface area contributed by atoms with E-state index in [0.29, 0.717) is 12.5 Å². The van der Waals surface area contributed by atoms with E-state index in [9.17, 15) is 4.79 Å². The predicted octanol–water partition coefficient (Wildman–Crippen LogP) is 0.757. The van der Waals surface area contributed by atoms with Gasteiger partial charge in [0, 0.05) is 19.1 Å². The van der Waals surface area contributed by atoms with E-state index in [4.69, 9.17) is 5.11 Å². The third-order valence-electron chi connectivity index (χ3n) is 3.69. The van der Waals surface area contributed by atoms with Crippen LogP contribution >= 0.6 is 0 Å². The minimum atomic E-state index is 0.0654. The van der Waals surface area contributed by atoms with Crippen molar-refractivity contribution in [3.63, 3.8) is 0 Å². The molecular weight excluding hydrogens is 216 g/mol. The average Bonchev–Trinajstić information content (AvgIpc) is 2.21. The van der Waals surface area contributed by atoms with Gasteiger partial charge in [-0.1, -0.05) is 20.8 Å². The highest BCUT2D eigenvalue weighted by Crippen LogP contribution is 2.22. The quantitative estimate of drug-likeness (QED) is 0.617. The second-order valence-corrected chi connectivity index (χ2v) is 5.92. The van der Waals surface area contributed by atoms with E-state index in [0.717, 1.165) is 25.9 Å². The van der Waals surface area contributed by atoms with E-state index in [1.165, 1.54) is 0 Å². The van der Waals surface area contributed by atoms with Gasteiger partial charge in [0.05, 0.1) is 0 Å². The van der Waals surface area contributed by atoms with Gasteiger partial charge in [0.2, 0.25) is 5.91 Å². The summed E-state index contributed by atoms with van der Waals surface area (Å²) in [5.41, 5.74) is 0.0654. The highest BCUT2D eigenvalue weighted by atomic mass is 16.2. The van der Waals surface area contributed by atoms with Crippen molar-refractivity contribution in [2.45, 2.75) is 33.6 Å². The molecule has 1 unspecified atom stereocenters. The number of rotatable bonds is 7. The number of aliphatic hydroxyl groups is 1. The number of amides is 1. The zero-order chi connectivity index (χ0) is 12.9. The molecule has 4 nitrogen and oxygen atoms in total. The van der Waals surface area contributed by atoms with Crippen molar-refractivity contribution in [3.8, 4) is 0 Å². The van der Waals surface area contributed by atoms with E-state index in [2.05, 4.69) is 24.5 Å². The zero-order valence-corrected chi connectivity index (χ0v) is 11.3. The number of aliphatic hydroxyl groups excluding tert-OH is 1. The first-order valence-electron chi connectivity index (χ1n) is 6.55. The Morgan fingerprint density at radius 2 is 2.18 bits per heavy atom. The molecule has 0 saturated carbocycles. The molecule has 1 atom stereocenters. The van der Waals surface area contributed by atoms with Crippen LogP contribution in [0.15, 0.2) is 0 Å². The Bertz CT molecular complexity index is 250. The van der Waals surface area contributed by atoms with Gasteiger partial charge < -0.3 is 15.7 Å². The van der Waals surface area contributed by atoms with Gasteiger partial charge in [-0.05, 0) is 37.3 Å². The monoisotopic (exact) mass is 242 g/mol. The molecule has 0 bridgehead atoms. The summed E-state index contributed by atoms with van der Waals surface area (Å²) in [5.74, 6) is 0.758. The lowest BCUT2D eigenvalue weighted by Crippen LogP contribution is -2.50. The van der Waals surface area contributed by atoms with Crippen LogP contribution in [0.25, 0.3) is 0 Å². The van der Waals surface area contributed by atoms with Gasteiger partial charge in [0.1, 0.15) is 0 Å². The van der Waals surface area contributed by atoms with Gasteiger partial charge in [0.15, 0.2) is 0 Å². The van der Waals surface area contributed by atoms with Crippen molar-refractivity contribution < 1.29 is 9.90 Å². The van der Waals surface area contributed by atoms with Crippen LogP contribution in [0, 0.1) is 17.3 Å².